The predicted octanol–water partition coefficient (Wildman–Crippen LogP) is 2.40. The molecule has 0 spiro atoms. The predicted molar refractivity (Wildman–Crippen MR) is 120 cm³/mol. The fourth-order valence-corrected chi connectivity index (χ4v) is 4.76. The van der Waals surface area contributed by atoms with Gasteiger partial charge in [-0.2, -0.15) is 0 Å². The molecule has 2 N–H and O–H groups in total. The number of nitrogens with one attached hydrogen (secondary N) is 1. The van der Waals surface area contributed by atoms with Gasteiger partial charge in [-0.3, -0.25) is 14.8 Å². The smallest absolute Gasteiger partial charge is 0.264 e. The van der Waals surface area contributed by atoms with E-state index >= 15 is 0 Å². The van der Waals surface area contributed by atoms with Crippen molar-refractivity contribution in [2.24, 2.45) is 0 Å². The van der Waals surface area contributed by atoms with Crippen molar-refractivity contribution < 1.29 is 23.2 Å². The number of carbonyl (C=O) groups is 1. The third-order valence-corrected chi connectivity index (χ3v) is 8.29. The second kappa shape index (κ2) is 8.16. The fourth-order valence-electron chi connectivity index (χ4n) is 3.91. The van der Waals surface area contributed by atoms with Crippen LogP contribution < -0.4 is 11.0 Å². The van der Waals surface area contributed by atoms with E-state index in [1.54, 1.807) is 18.3 Å². The molecule has 3 aromatic rings. The third-order valence-electron chi connectivity index (χ3n) is 6.26. The van der Waals surface area contributed by atoms with Gasteiger partial charge < -0.3 is 9.30 Å². The van der Waals surface area contributed by atoms with Crippen molar-refractivity contribution in [3.05, 3.63) is 70.1 Å². The average molecular weight is 457 g/mol. The molecule has 1 aliphatic rings. The van der Waals surface area contributed by atoms with E-state index in [2.05, 4.69) is 12.1 Å². The molecule has 0 radical (unpaired) electrons. The first-order valence-electron chi connectivity index (χ1n) is 10.1. The van der Waals surface area contributed by atoms with Gasteiger partial charge >= 0.3 is 0 Å². The number of hydroxylamine groups is 1. The molecule has 9 heteroatoms. The molecule has 1 atom stereocenters. The maximum Gasteiger partial charge on any atom is 0.264 e. The molecule has 2 aromatic carbocycles. The van der Waals surface area contributed by atoms with Gasteiger partial charge in [-0.1, -0.05) is 18.2 Å². The van der Waals surface area contributed by atoms with Crippen LogP contribution in [-0.4, -0.2) is 35.1 Å². The number of ether oxygens (including phenoxy) is 1. The summed E-state index contributed by atoms with van der Waals surface area (Å²) >= 11 is 0. The minimum absolute atomic E-state index is 0.00165. The number of benzene rings is 2. The molecule has 1 amide bonds. The topological polar surface area (TPSA) is 115 Å². The number of hydrogen-bond acceptors (Lipinski definition) is 6. The minimum atomic E-state index is -3.84. The molecule has 0 unspecified atom stereocenters. The number of pyridine rings is 1. The SMILES string of the molecule is C[C@@](CCn1ccc2cc(-c3ccc4c(c3)COC4)ccc2c1=O)(C(=O)NO)S(C)(=O)=O. The van der Waals surface area contributed by atoms with Crippen molar-refractivity contribution in [1.82, 2.24) is 10.0 Å². The van der Waals surface area contributed by atoms with Crippen LogP contribution in [0.1, 0.15) is 24.5 Å². The number of carbonyl (C=O) groups excluding carboxylic acids is 1. The van der Waals surface area contributed by atoms with Crippen LogP contribution in [0.5, 0.6) is 0 Å². The zero-order chi connectivity index (χ0) is 23.1. The number of aromatic nitrogens is 1. The van der Waals surface area contributed by atoms with Gasteiger partial charge in [-0.15, -0.1) is 0 Å². The molecule has 0 saturated carbocycles. The second-order valence-corrected chi connectivity index (χ2v) is 10.7. The summed E-state index contributed by atoms with van der Waals surface area (Å²) in [5.74, 6) is -1.03. The van der Waals surface area contributed by atoms with Crippen LogP contribution in [0.25, 0.3) is 21.9 Å². The maximum absolute atomic E-state index is 13.0. The highest BCUT2D eigenvalue weighted by atomic mass is 32.2. The Hall–Kier alpha value is -3.01. The molecule has 1 aliphatic heterocycles. The Morgan fingerprint density at radius 3 is 2.53 bits per heavy atom. The van der Waals surface area contributed by atoms with Crippen molar-refractivity contribution in [2.45, 2.75) is 37.9 Å². The van der Waals surface area contributed by atoms with Crippen molar-refractivity contribution in [1.29, 1.82) is 0 Å². The van der Waals surface area contributed by atoms with Crippen LogP contribution in [0.2, 0.25) is 0 Å². The normalized spacial score (nSPS) is 15.3. The summed E-state index contributed by atoms with van der Waals surface area (Å²) < 4.78 is 29.3. The lowest BCUT2D eigenvalue weighted by Gasteiger charge is -2.25. The van der Waals surface area contributed by atoms with E-state index in [4.69, 9.17) is 9.94 Å². The standard InChI is InChI=1S/C23H24N2O6S/c1-23(22(27)24-28,32(2,29)30)8-10-25-9-7-17-11-16(5-6-20(17)21(25)26)15-3-4-18-13-31-14-19(18)12-15/h3-7,9,11-12,28H,8,10,13-14H2,1-2H3,(H,24,27)/t23-/m1/s1. The van der Waals surface area contributed by atoms with Crippen LogP contribution in [-0.2, 0) is 39.1 Å². The zero-order valence-corrected chi connectivity index (χ0v) is 18.6. The highest BCUT2D eigenvalue weighted by Gasteiger charge is 2.43. The highest BCUT2D eigenvalue weighted by molar-refractivity contribution is 7.92. The molecule has 32 heavy (non-hydrogen) atoms. The lowest BCUT2D eigenvalue weighted by Crippen LogP contribution is -2.49. The Morgan fingerprint density at radius 1 is 1.12 bits per heavy atom. The van der Waals surface area contributed by atoms with Gasteiger partial charge in [0.1, 0.15) is 0 Å². The van der Waals surface area contributed by atoms with E-state index in [0.717, 1.165) is 22.8 Å². The summed E-state index contributed by atoms with van der Waals surface area (Å²) in [6.45, 7) is 2.46. The van der Waals surface area contributed by atoms with Gasteiger partial charge in [0.05, 0.1) is 13.2 Å². The molecular weight excluding hydrogens is 432 g/mol. The van der Waals surface area contributed by atoms with Gasteiger partial charge in [0, 0.05) is 24.4 Å². The molecule has 168 valence electrons. The largest absolute Gasteiger partial charge is 0.372 e. The highest BCUT2D eigenvalue weighted by Crippen LogP contribution is 2.29. The lowest BCUT2D eigenvalue weighted by molar-refractivity contribution is -0.131. The van der Waals surface area contributed by atoms with Crippen LogP contribution in [0, 0.1) is 0 Å². The molecular formula is C23H24N2O6S. The number of rotatable bonds is 6. The first-order valence-corrected chi connectivity index (χ1v) is 12.0. The number of hydrogen-bond donors (Lipinski definition) is 2. The Kier molecular flexibility index (Phi) is 5.66. The van der Waals surface area contributed by atoms with E-state index in [-0.39, 0.29) is 18.5 Å². The number of fused-ring (bicyclic) bond motifs is 2. The fraction of sp³-hybridized carbons (Fsp3) is 0.304. The molecule has 4 rings (SSSR count). The Morgan fingerprint density at radius 2 is 1.81 bits per heavy atom. The summed E-state index contributed by atoms with van der Waals surface area (Å²) in [6, 6.07) is 13.6. The lowest BCUT2D eigenvalue weighted by atomic mass is 9.98. The molecule has 2 heterocycles. The first-order chi connectivity index (χ1) is 15.1. The Labute approximate surface area is 185 Å². The zero-order valence-electron chi connectivity index (χ0n) is 17.8. The van der Waals surface area contributed by atoms with Crippen LogP contribution in [0.15, 0.2) is 53.5 Å². The van der Waals surface area contributed by atoms with Gasteiger partial charge in [-0.25, -0.2) is 13.9 Å². The van der Waals surface area contributed by atoms with E-state index in [1.807, 2.05) is 18.2 Å². The first kappa shape index (κ1) is 22.2. The summed E-state index contributed by atoms with van der Waals surface area (Å²) in [6.07, 6.45) is 2.35. The second-order valence-electron chi connectivity index (χ2n) is 8.29. The number of nitrogens with zero attached hydrogens (tertiary/aromatic N) is 1. The molecule has 0 bridgehead atoms. The van der Waals surface area contributed by atoms with Crippen LogP contribution in [0.3, 0.4) is 0 Å². The molecule has 0 aliphatic carbocycles. The summed E-state index contributed by atoms with van der Waals surface area (Å²) in [7, 11) is -3.84. The van der Waals surface area contributed by atoms with Gasteiger partial charge in [0.25, 0.3) is 11.5 Å². The summed E-state index contributed by atoms with van der Waals surface area (Å²) in [5.41, 5.74) is 5.51. The van der Waals surface area contributed by atoms with E-state index in [9.17, 15) is 18.0 Å². The van der Waals surface area contributed by atoms with E-state index in [0.29, 0.717) is 18.6 Å². The van der Waals surface area contributed by atoms with Crippen LogP contribution in [0.4, 0.5) is 0 Å². The molecule has 1 aromatic heterocycles. The molecule has 8 nitrogen and oxygen atoms in total. The van der Waals surface area contributed by atoms with Crippen molar-refractivity contribution >= 4 is 26.5 Å². The Bertz CT molecular complexity index is 1380. The van der Waals surface area contributed by atoms with Crippen molar-refractivity contribution in [3.8, 4) is 11.1 Å². The third kappa shape index (κ3) is 3.83. The maximum atomic E-state index is 13.0. The van der Waals surface area contributed by atoms with Crippen molar-refractivity contribution in [3.63, 3.8) is 0 Å². The van der Waals surface area contributed by atoms with Crippen molar-refractivity contribution in [2.75, 3.05) is 6.26 Å². The van der Waals surface area contributed by atoms with E-state index < -0.39 is 20.5 Å². The Balaban J connectivity index is 1.64. The van der Waals surface area contributed by atoms with E-state index in [1.165, 1.54) is 28.1 Å². The number of amides is 1. The summed E-state index contributed by atoms with van der Waals surface area (Å²) in [4.78, 5) is 25.0. The quantitative estimate of drug-likeness (QED) is 0.435. The number of aryl methyl sites for hydroxylation is 1. The molecule has 0 saturated heterocycles. The van der Waals surface area contributed by atoms with Gasteiger partial charge in [-0.05, 0) is 65.3 Å². The van der Waals surface area contributed by atoms with Crippen LogP contribution >= 0.6 is 0 Å². The summed E-state index contributed by atoms with van der Waals surface area (Å²) in [5, 5.41) is 10.2. The number of sulfone groups is 1. The molecule has 0 fully saturated rings. The average Bonchev–Trinajstić information content (AvgIpc) is 3.24. The minimum Gasteiger partial charge on any atom is -0.372 e. The van der Waals surface area contributed by atoms with Gasteiger partial charge in [0.2, 0.25) is 0 Å². The van der Waals surface area contributed by atoms with Gasteiger partial charge in [0.15, 0.2) is 14.6 Å². The monoisotopic (exact) mass is 456 g/mol.